The van der Waals surface area contributed by atoms with E-state index >= 15 is 0 Å². The molecular formula is C24H27N3O4. The normalized spacial score (nSPS) is 20.3. The van der Waals surface area contributed by atoms with Crippen molar-refractivity contribution in [3.05, 3.63) is 70.3 Å². The number of aromatic nitrogens is 2. The van der Waals surface area contributed by atoms with Crippen molar-refractivity contribution in [1.82, 2.24) is 9.66 Å². The van der Waals surface area contributed by atoms with Gasteiger partial charge in [-0.25, -0.2) is 14.5 Å². The SMILES string of the molecule is CCOC(=O)[C@@H]1N(n2c(CC(C)C)nc3ccccc3c2=O)[C@@]1(C)c1cccc(O)c1. The number of aromatic hydroxyl groups is 1. The van der Waals surface area contributed by atoms with Crippen LogP contribution in [-0.2, 0) is 21.5 Å². The maximum absolute atomic E-state index is 13.6. The van der Waals surface area contributed by atoms with Crippen LogP contribution in [0.3, 0.4) is 0 Å². The van der Waals surface area contributed by atoms with Crippen molar-refractivity contribution in [2.24, 2.45) is 5.92 Å². The zero-order chi connectivity index (χ0) is 22.3. The molecule has 31 heavy (non-hydrogen) atoms. The smallest absolute Gasteiger partial charge is 0.333 e. The number of ether oxygens (including phenoxy) is 1. The second-order valence-corrected chi connectivity index (χ2v) is 8.46. The van der Waals surface area contributed by atoms with Crippen LogP contribution in [0, 0.1) is 5.92 Å². The summed E-state index contributed by atoms with van der Waals surface area (Å²) in [7, 11) is 0. The zero-order valence-electron chi connectivity index (χ0n) is 18.2. The lowest BCUT2D eigenvalue weighted by molar-refractivity contribution is -0.142. The Bertz CT molecular complexity index is 1200. The first kappa shape index (κ1) is 20.9. The Morgan fingerprint density at radius 3 is 2.65 bits per heavy atom. The highest BCUT2D eigenvalue weighted by Crippen LogP contribution is 2.49. The Morgan fingerprint density at radius 1 is 1.23 bits per heavy atom. The van der Waals surface area contributed by atoms with Crippen LogP contribution in [0.25, 0.3) is 10.9 Å². The summed E-state index contributed by atoms with van der Waals surface area (Å²) < 4.78 is 6.87. The summed E-state index contributed by atoms with van der Waals surface area (Å²) in [5, 5.41) is 12.3. The molecule has 2 heterocycles. The Morgan fingerprint density at radius 2 is 1.97 bits per heavy atom. The molecule has 1 saturated heterocycles. The number of phenols is 1. The Hall–Kier alpha value is -3.35. The van der Waals surface area contributed by atoms with Gasteiger partial charge in [0.25, 0.3) is 5.56 Å². The van der Waals surface area contributed by atoms with Crippen LogP contribution in [-0.4, -0.2) is 33.4 Å². The topological polar surface area (TPSA) is 84.4 Å². The molecule has 0 bridgehead atoms. The third-order valence-electron chi connectivity index (χ3n) is 5.75. The minimum atomic E-state index is -0.856. The number of nitrogens with zero attached hydrogens (tertiary/aromatic N) is 3. The molecular weight excluding hydrogens is 394 g/mol. The van der Waals surface area contributed by atoms with Crippen LogP contribution in [0.5, 0.6) is 5.75 Å². The molecule has 3 aromatic rings. The molecule has 7 nitrogen and oxygen atoms in total. The summed E-state index contributed by atoms with van der Waals surface area (Å²) in [6.07, 6.45) is 0.572. The van der Waals surface area contributed by atoms with Crippen molar-refractivity contribution < 1.29 is 14.6 Å². The predicted molar refractivity (Wildman–Crippen MR) is 119 cm³/mol. The van der Waals surface area contributed by atoms with Gasteiger partial charge in [0, 0.05) is 6.42 Å². The van der Waals surface area contributed by atoms with Gasteiger partial charge in [0.15, 0.2) is 6.04 Å². The third-order valence-corrected chi connectivity index (χ3v) is 5.75. The fourth-order valence-electron chi connectivity index (χ4n) is 4.25. The highest BCUT2D eigenvalue weighted by Gasteiger charge is 2.67. The molecule has 2 atom stereocenters. The van der Waals surface area contributed by atoms with Crippen molar-refractivity contribution in [1.29, 1.82) is 0 Å². The number of phenolic OH excluding ortho intramolecular Hbond substituents is 1. The largest absolute Gasteiger partial charge is 0.508 e. The Labute approximate surface area is 180 Å². The van der Waals surface area contributed by atoms with Gasteiger partial charge >= 0.3 is 5.97 Å². The van der Waals surface area contributed by atoms with E-state index in [1.807, 2.05) is 25.1 Å². The van der Waals surface area contributed by atoms with Crippen LogP contribution in [0.15, 0.2) is 53.3 Å². The van der Waals surface area contributed by atoms with Crippen molar-refractivity contribution in [3.63, 3.8) is 0 Å². The number of carbonyl (C=O) groups is 1. The quantitative estimate of drug-likeness (QED) is 0.486. The summed E-state index contributed by atoms with van der Waals surface area (Å²) in [6.45, 7) is 7.99. The van der Waals surface area contributed by atoms with E-state index < -0.39 is 17.6 Å². The first-order valence-electron chi connectivity index (χ1n) is 10.6. The highest BCUT2D eigenvalue weighted by molar-refractivity contribution is 5.87. The van der Waals surface area contributed by atoms with Crippen LogP contribution in [0.1, 0.15) is 39.1 Å². The molecule has 4 rings (SSSR count). The van der Waals surface area contributed by atoms with Gasteiger partial charge in [-0.2, -0.15) is 0 Å². The molecule has 1 aliphatic heterocycles. The van der Waals surface area contributed by atoms with Gasteiger partial charge in [-0.3, -0.25) is 9.80 Å². The van der Waals surface area contributed by atoms with E-state index in [2.05, 4.69) is 13.8 Å². The monoisotopic (exact) mass is 421 g/mol. The van der Waals surface area contributed by atoms with Crippen LogP contribution in [0.4, 0.5) is 0 Å². The summed E-state index contributed by atoms with van der Waals surface area (Å²) >= 11 is 0. The number of hydrogen-bond acceptors (Lipinski definition) is 6. The molecule has 0 saturated carbocycles. The second kappa shape index (κ2) is 7.72. The molecule has 1 N–H and O–H groups in total. The zero-order valence-corrected chi connectivity index (χ0v) is 18.2. The Balaban J connectivity index is 1.94. The summed E-state index contributed by atoms with van der Waals surface area (Å²) in [5.74, 6) is 0.535. The van der Waals surface area contributed by atoms with Crippen molar-refractivity contribution in [2.75, 3.05) is 11.6 Å². The molecule has 0 amide bonds. The number of carbonyl (C=O) groups excluding carboxylic acids is 1. The van der Waals surface area contributed by atoms with Crippen molar-refractivity contribution in [2.45, 2.75) is 45.7 Å². The molecule has 1 aromatic heterocycles. The number of benzene rings is 2. The van der Waals surface area contributed by atoms with E-state index in [0.29, 0.717) is 23.1 Å². The number of para-hydroxylation sites is 1. The molecule has 0 spiro atoms. The minimum Gasteiger partial charge on any atom is -0.508 e. The second-order valence-electron chi connectivity index (χ2n) is 8.46. The van der Waals surface area contributed by atoms with Crippen LogP contribution >= 0.6 is 0 Å². The lowest BCUT2D eigenvalue weighted by Gasteiger charge is -2.20. The maximum Gasteiger partial charge on any atom is 0.333 e. The predicted octanol–water partition coefficient (Wildman–Crippen LogP) is 3.10. The average molecular weight is 421 g/mol. The minimum absolute atomic E-state index is 0.0968. The fraction of sp³-hybridized carbons (Fsp3) is 0.375. The lowest BCUT2D eigenvalue weighted by Crippen LogP contribution is -2.37. The van der Waals surface area contributed by atoms with E-state index in [1.54, 1.807) is 42.3 Å². The van der Waals surface area contributed by atoms with Crippen LogP contribution < -0.4 is 10.6 Å². The van der Waals surface area contributed by atoms with E-state index in [-0.39, 0.29) is 23.8 Å². The maximum atomic E-state index is 13.6. The van der Waals surface area contributed by atoms with E-state index in [1.165, 1.54) is 4.68 Å². The summed E-state index contributed by atoms with van der Waals surface area (Å²) in [6, 6.07) is 13.3. The number of hydrogen-bond donors (Lipinski definition) is 1. The lowest BCUT2D eigenvalue weighted by atomic mass is 9.97. The molecule has 0 radical (unpaired) electrons. The van der Waals surface area contributed by atoms with Gasteiger partial charge in [0.1, 0.15) is 17.1 Å². The van der Waals surface area contributed by atoms with Gasteiger partial charge in [-0.15, -0.1) is 0 Å². The number of esters is 1. The van der Waals surface area contributed by atoms with Gasteiger partial charge in [0.2, 0.25) is 0 Å². The number of fused-ring (bicyclic) bond motifs is 1. The average Bonchev–Trinajstić information content (AvgIpc) is 3.34. The van der Waals surface area contributed by atoms with E-state index in [0.717, 1.165) is 5.56 Å². The van der Waals surface area contributed by atoms with Crippen molar-refractivity contribution >= 4 is 16.9 Å². The Kier molecular flexibility index (Phi) is 5.21. The fourth-order valence-corrected chi connectivity index (χ4v) is 4.25. The third kappa shape index (κ3) is 3.44. The molecule has 1 aliphatic rings. The van der Waals surface area contributed by atoms with Gasteiger partial charge in [-0.05, 0) is 49.6 Å². The van der Waals surface area contributed by atoms with Gasteiger partial charge < -0.3 is 9.84 Å². The van der Waals surface area contributed by atoms with Crippen LogP contribution in [0.2, 0.25) is 0 Å². The first-order chi connectivity index (χ1) is 14.8. The molecule has 1 fully saturated rings. The number of rotatable bonds is 6. The standard InChI is InChI=1S/C24H27N3O4/c1-5-31-23(30)21-24(4,16-9-8-10-17(28)14-16)27(21)26-20(13-15(2)3)25-19-12-7-6-11-18(19)22(26)29/h6-12,14-15,21,28H,5,13H2,1-4H3/t21-,24-,27?/m0/s1. The molecule has 2 aromatic carbocycles. The molecule has 0 unspecified atom stereocenters. The van der Waals surface area contributed by atoms with E-state index in [4.69, 9.17) is 9.72 Å². The summed E-state index contributed by atoms with van der Waals surface area (Å²) in [4.78, 5) is 31.3. The molecule has 7 heteroatoms. The molecule has 162 valence electrons. The van der Waals surface area contributed by atoms with Gasteiger partial charge in [0.05, 0.1) is 17.5 Å². The van der Waals surface area contributed by atoms with Crippen molar-refractivity contribution in [3.8, 4) is 5.75 Å². The summed E-state index contributed by atoms with van der Waals surface area (Å²) in [5.41, 5.74) is 0.276. The van der Waals surface area contributed by atoms with E-state index in [9.17, 15) is 14.7 Å². The molecule has 0 aliphatic carbocycles. The first-order valence-corrected chi connectivity index (χ1v) is 10.6. The van der Waals surface area contributed by atoms with Gasteiger partial charge in [-0.1, -0.05) is 38.1 Å². The highest BCUT2D eigenvalue weighted by atomic mass is 16.5.